The molecular weight excluding hydrogens is 332 g/mol. The molecular formula is C17H15F2N3O3. The lowest BCUT2D eigenvalue weighted by Crippen LogP contribution is -2.30. The van der Waals surface area contributed by atoms with Gasteiger partial charge in [-0.2, -0.15) is 5.10 Å². The van der Waals surface area contributed by atoms with Gasteiger partial charge in [-0.15, -0.1) is 0 Å². The number of hydrogen-bond donors (Lipinski definition) is 2. The monoisotopic (exact) mass is 347 g/mol. The Labute approximate surface area is 141 Å². The summed E-state index contributed by atoms with van der Waals surface area (Å²) in [6, 6.07) is 5.53. The summed E-state index contributed by atoms with van der Waals surface area (Å²) in [6.07, 6.45) is 2.84. The summed E-state index contributed by atoms with van der Waals surface area (Å²) < 4.78 is 33.7. The number of carbonyl (C=O) groups is 1. The second-order valence-corrected chi connectivity index (χ2v) is 5.41. The quantitative estimate of drug-likeness (QED) is 0.743. The van der Waals surface area contributed by atoms with Gasteiger partial charge in [0, 0.05) is 24.9 Å². The van der Waals surface area contributed by atoms with E-state index in [2.05, 4.69) is 10.4 Å². The van der Waals surface area contributed by atoms with Crippen molar-refractivity contribution in [3.63, 3.8) is 0 Å². The molecule has 0 aliphatic heterocycles. The van der Waals surface area contributed by atoms with Gasteiger partial charge < -0.3 is 14.8 Å². The Hall–Kier alpha value is -3.00. The third-order valence-corrected chi connectivity index (χ3v) is 3.63. The Morgan fingerprint density at radius 2 is 2.20 bits per heavy atom. The number of furan rings is 1. The molecule has 25 heavy (non-hydrogen) atoms. The van der Waals surface area contributed by atoms with Gasteiger partial charge >= 0.3 is 0 Å². The Morgan fingerprint density at radius 3 is 2.84 bits per heavy atom. The van der Waals surface area contributed by atoms with E-state index in [0.29, 0.717) is 5.76 Å². The number of aliphatic hydroxyl groups excluding tert-OH is 1. The fourth-order valence-electron chi connectivity index (χ4n) is 2.47. The summed E-state index contributed by atoms with van der Waals surface area (Å²) in [5, 5.41) is 16.2. The second kappa shape index (κ2) is 6.86. The highest BCUT2D eigenvalue weighted by Gasteiger charge is 2.23. The number of amides is 1. The minimum Gasteiger partial charge on any atom is -0.467 e. The van der Waals surface area contributed by atoms with Crippen LogP contribution in [0.1, 0.15) is 22.2 Å². The molecule has 2 N–H and O–H groups in total. The maximum absolute atomic E-state index is 14.1. The Kier molecular flexibility index (Phi) is 4.62. The van der Waals surface area contributed by atoms with E-state index in [1.165, 1.54) is 23.2 Å². The number of nitrogens with zero attached hydrogens (tertiary/aromatic N) is 2. The number of benzene rings is 1. The van der Waals surface area contributed by atoms with E-state index in [1.54, 1.807) is 19.2 Å². The lowest BCUT2D eigenvalue weighted by Gasteiger charge is -2.14. The zero-order valence-corrected chi connectivity index (χ0v) is 13.2. The molecule has 3 rings (SSSR count). The van der Waals surface area contributed by atoms with Crippen LogP contribution in [0.2, 0.25) is 0 Å². The first kappa shape index (κ1) is 16.8. The fourth-order valence-corrected chi connectivity index (χ4v) is 2.47. The lowest BCUT2D eigenvalue weighted by molar-refractivity contribution is 0.0908. The van der Waals surface area contributed by atoms with E-state index >= 15 is 0 Å². The van der Waals surface area contributed by atoms with Crippen LogP contribution in [0.3, 0.4) is 0 Å². The maximum Gasteiger partial charge on any atom is 0.255 e. The molecule has 0 spiro atoms. The molecule has 1 amide bonds. The molecule has 0 aliphatic carbocycles. The van der Waals surface area contributed by atoms with Gasteiger partial charge in [-0.05, 0) is 24.3 Å². The summed E-state index contributed by atoms with van der Waals surface area (Å²) >= 11 is 0. The molecule has 130 valence electrons. The first-order valence-electron chi connectivity index (χ1n) is 7.43. The van der Waals surface area contributed by atoms with Crippen molar-refractivity contribution in [1.29, 1.82) is 0 Å². The smallest absolute Gasteiger partial charge is 0.255 e. The van der Waals surface area contributed by atoms with Crippen molar-refractivity contribution in [1.82, 2.24) is 15.1 Å². The number of aromatic nitrogens is 2. The number of halogens is 2. The van der Waals surface area contributed by atoms with E-state index in [-0.39, 0.29) is 23.4 Å². The van der Waals surface area contributed by atoms with Crippen LogP contribution in [-0.2, 0) is 7.05 Å². The maximum atomic E-state index is 14.1. The third-order valence-electron chi connectivity index (χ3n) is 3.63. The molecule has 0 aliphatic rings. The van der Waals surface area contributed by atoms with Gasteiger partial charge in [-0.1, -0.05) is 0 Å². The Morgan fingerprint density at radius 1 is 1.40 bits per heavy atom. The second-order valence-electron chi connectivity index (χ2n) is 5.41. The number of aliphatic hydroxyl groups is 1. The molecule has 8 heteroatoms. The summed E-state index contributed by atoms with van der Waals surface area (Å²) in [5.41, 5.74) is 0.178. The number of aryl methyl sites for hydroxylation is 1. The average molecular weight is 347 g/mol. The molecule has 0 saturated carbocycles. The minimum atomic E-state index is -0.822. The normalized spacial score (nSPS) is 12.2. The summed E-state index contributed by atoms with van der Waals surface area (Å²) in [5.74, 6) is -1.73. The van der Waals surface area contributed by atoms with Crippen LogP contribution in [0.15, 0.2) is 47.2 Å². The van der Waals surface area contributed by atoms with E-state index < -0.39 is 23.6 Å². The summed E-state index contributed by atoms with van der Waals surface area (Å²) in [6.45, 7) is -0.375. The summed E-state index contributed by atoms with van der Waals surface area (Å²) in [4.78, 5) is 12.6. The molecule has 1 aromatic carbocycles. The van der Waals surface area contributed by atoms with Crippen molar-refractivity contribution >= 4 is 5.91 Å². The van der Waals surface area contributed by atoms with Crippen LogP contribution >= 0.6 is 0 Å². The minimum absolute atomic E-state index is 0.00528. The zero-order valence-electron chi connectivity index (χ0n) is 13.2. The van der Waals surface area contributed by atoms with Crippen molar-refractivity contribution in [3.8, 4) is 11.3 Å². The van der Waals surface area contributed by atoms with Gasteiger partial charge in [0.2, 0.25) is 0 Å². The topological polar surface area (TPSA) is 80.3 Å². The van der Waals surface area contributed by atoms with Crippen LogP contribution in [0.25, 0.3) is 11.3 Å². The van der Waals surface area contributed by atoms with E-state index in [1.807, 2.05) is 0 Å². The van der Waals surface area contributed by atoms with Crippen molar-refractivity contribution in [2.75, 3.05) is 6.61 Å². The highest BCUT2D eigenvalue weighted by Crippen LogP contribution is 2.26. The largest absolute Gasteiger partial charge is 0.467 e. The van der Waals surface area contributed by atoms with Gasteiger partial charge in [0.25, 0.3) is 5.91 Å². The number of nitrogens with one attached hydrogen (secondary N) is 1. The predicted octanol–water partition coefficient (Wildman–Crippen LogP) is 2.42. The van der Waals surface area contributed by atoms with Crippen molar-refractivity contribution in [2.45, 2.75) is 6.04 Å². The van der Waals surface area contributed by atoms with Crippen LogP contribution in [0.4, 0.5) is 8.78 Å². The van der Waals surface area contributed by atoms with Gasteiger partial charge in [0.05, 0.1) is 18.4 Å². The van der Waals surface area contributed by atoms with Gasteiger partial charge in [0.15, 0.2) is 0 Å². The van der Waals surface area contributed by atoms with Gasteiger partial charge in [-0.3, -0.25) is 9.48 Å². The SMILES string of the molecule is Cn1cc(C(=O)NC(CO)c2ccco2)c(-c2ccc(F)cc2F)n1. The molecule has 1 unspecified atom stereocenters. The molecule has 2 heterocycles. The van der Waals surface area contributed by atoms with Crippen molar-refractivity contribution in [3.05, 3.63) is 65.7 Å². The van der Waals surface area contributed by atoms with Crippen LogP contribution in [0, 0.1) is 11.6 Å². The van der Waals surface area contributed by atoms with Crippen LogP contribution in [-0.4, -0.2) is 27.4 Å². The third kappa shape index (κ3) is 3.43. The average Bonchev–Trinajstić information content (AvgIpc) is 3.22. The zero-order chi connectivity index (χ0) is 18.0. The molecule has 0 fully saturated rings. The molecule has 2 aromatic heterocycles. The standard InChI is InChI=1S/C17H15F2N3O3/c1-22-8-12(16(21-22)11-5-4-10(18)7-13(11)19)17(24)20-14(9-23)15-3-2-6-25-15/h2-8,14,23H,9H2,1H3,(H,20,24). The molecule has 3 aromatic rings. The first-order valence-corrected chi connectivity index (χ1v) is 7.43. The van der Waals surface area contributed by atoms with E-state index in [9.17, 15) is 18.7 Å². The highest BCUT2D eigenvalue weighted by atomic mass is 19.1. The van der Waals surface area contributed by atoms with Gasteiger partial charge in [-0.25, -0.2) is 8.78 Å². The summed E-state index contributed by atoms with van der Waals surface area (Å²) in [7, 11) is 1.58. The molecule has 0 radical (unpaired) electrons. The lowest BCUT2D eigenvalue weighted by atomic mass is 10.1. The van der Waals surface area contributed by atoms with Gasteiger partial charge in [0.1, 0.15) is 29.1 Å². The van der Waals surface area contributed by atoms with Crippen molar-refractivity contribution in [2.24, 2.45) is 7.05 Å². The van der Waals surface area contributed by atoms with Crippen LogP contribution in [0.5, 0.6) is 0 Å². The van der Waals surface area contributed by atoms with E-state index in [4.69, 9.17) is 4.42 Å². The molecule has 1 atom stereocenters. The molecule has 0 bridgehead atoms. The van der Waals surface area contributed by atoms with Crippen molar-refractivity contribution < 1.29 is 23.1 Å². The number of carbonyl (C=O) groups excluding carboxylic acids is 1. The van der Waals surface area contributed by atoms with Crippen LogP contribution < -0.4 is 5.32 Å². The van der Waals surface area contributed by atoms with E-state index in [0.717, 1.165) is 12.1 Å². The highest BCUT2D eigenvalue weighted by molar-refractivity contribution is 6.00. The molecule has 6 nitrogen and oxygen atoms in total. The predicted molar refractivity (Wildman–Crippen MR) is 84.6 cm³/mol. The molecule has 0 saturated heterocycles. The number of rotatable bonds is 5. The number of hydrogen-bond acceptors (Lipinski definition) is 4. The Balaban J connectivity index is 1.93. The Bertz CT molecular complexity index is 891. The first-order chi connectivity index (χ1) is 12.0. The fraction of sp³-hybridized carbons (Fsp3) is 0.176.